The van der Waals surface area contributed by atoms with Gasteiger partial charge in [0.25, 0.3) is 0 Å². The second kappa shape index (κ2) is 7.55. The van der Waals surface area contributed by atoms with E-state index < -0.39 is 13.8 Å². The molecule has 0 bridgehead atoms. The summed E-state index contributed by atoms with van der Waals surface area (Å²) in [6, 6.07) is 1.68. The van der Waals surface area contributed by atoms with Crippen molar-refractivity contribution in [1.82, 2.24) is 20.0 Å². The minimum Gasteiger partial charge on any atom is -0.366 e. The highest BCUT2D eigenvalue weighted by Gasteiger charge is 2.35. The zero-order valence-electron chi connectivity index (χ0n) is 14.2. The number of carbonyl (C=O) groups is 1. The molecule has 0 amide bonds. The molecule has 0 radical (unpaired) electrons. The Labute approximate surface area is 149 Å². The number of phosphoric acid groups is 1. The molecule has 0 aliphatic carbocycles. The average molecular weight is 381 g/mol. The summed E-state index contributed by atoms with van der Waals surface area (Å²) in [5.74, 6) is -0.355. The first kappa shape index (κ1) is 18.5. The monoisotopic (exact) mass is 381 g/mol. The summed E-state index contributed by atoms with van der Waals surface area (Å²) >= 11 is 0. The van der Waals surface area contributed by atoms with Crippen molar-refractivity contribution < 1.29 is 23.4 Å². The Morgan fingerprint density at radius 1 is 1.54 bits per heavy atom. The summed E-state index contributed by atoms with van der Waals surface area (Å²) in [5.41, 5.74) is 0.719. The molecule has 1 aliphatic heterocycles. The highest BCUT2D eigenvalue weighted by Crippen LogP contribution is 2.45. The maximum atomic E-state index is 12.0. The van der Waals surface area contributed by atoms with Crippen LogP contribution in [0, 0.1) is 0 Å². The van der Waals surface area contributed by atoms with E-state index in [4.69, 9.17) is 4.62 Å². The number of phosphoric ester groups is 1. The molecule has 26 heavy (non-hydrogen) atoms. The first-order valence-corrected chi connectivity index (χ1v) is 9.57. The van der Waals surface area contributed by atoms with E-state index >= 15 is 0 Å². The van der Waals surface area contributed by atoms with Crippen molar-refractivity contribution in [3.63, 3.8) is 0 Å². The van der Waals surface area contributed by atoms with E-state index in [-0.39, 0.29) is 12.1 Å². The minimum absolute atomic E-state index is 0.0747. The SMILES string of the molecule is C=CC(=O)OP(=O)(O)ON1C[C@H](Nc2ncnc3[nH]ccc23)CC[C@@H]1C. The number of nitrogens with zero attached hydrogens (tertiary/aromatic N) is 3. The van der Waals surface area contributed by atoms with Gasteiger partial charge in [0, 0.05) is 30.9 Å². The fourth-order valence-corrected chi connectivity index (χ4v) is 3.62. The Morgan fingerprint density at radius 3 is 3.12 bits per heavy atom. The van der Waals surface area contributed by atoms with Crippen LogP contribution in [-0.2, 0) is 18.5 Å². The predicted molar refractivity (Wildman–Crippen MR) is 93.9 cm³/mol. The Hall–Kier alpha value is -2.26. The minimum atomic E-state index is -4.56. The zero-order valence-corrected chi connectivity index (χ0v) is 15.1. The number of rotatable bonds is 6. The van der Waals surface area contributed by atoms with Gasteiger partial charge >= 0.3 is 13.8 Å². The third kappa shape index (κ3) is 4.28. The third-order valence-corrected chi connectivity index (χ3v) is 4.93. The largest absolute Gasteiger partial charge is 0.546 e. The Balaban J connectivity index is 1.68. The molecule has 2 aromatic rings. The van der Waals surface area contributed by atoms with Gasteiger partial charge in [-0.3, -0.25) is 4.89 Å². The summed E-state index contributed by atoms with van der Waals surface area (Å²) in [5, 5.41) is 5.52. The molecule has 3 atom stereocenters. The standard InChI is InChI=1S/C15H20N5O5P/c1-3-13(21)24-26(22,23)25-20-8-11(5-4-10(20)2)19-15-12-6-7-16-14(12)17-9-18-15/h3,6-7,9-11H,1,4-5,8H2,2H3,(H,22,23)(H2,16,17,18,19)/t10-,11+/m0/s1. The van der Waals surface area contributed by atoms with Crippen molar-refractivity contribution >= 4 is 30.6 Å². The molecule has 1 unspecified atom stereocenters. The van der Waals surface area contributed by atoms with Gasteiger partial charge in [0.1, 0.15) is 17.8 Å². The number of anilines is 1. The summed E-state index contributed by atoms with van der Waals surface area (Å²) in [6.45, 7) is 5.36. The molecule has 0 spiro atoms. The maximum Gasteiger partial charge on any atom is 0.546 e. The topological polar surface area (TPSA) is 130 Å². The van der Waals surface area contributed by atoms with Crippen LogP contribution in [0.5, 0.6) is 0 Å². The van der Waals surface area contributed by atoms with Crippen molar-refractivity contribution in [3.8, 4) is 0 Å². The van der Waals surface area contributed by atoms with Crippen LogP contribution in [0.3, 0.4) is 0 Å². The lowest BCUT2D eigenvalue weighted by atomic mass is 10.0. The van der Waals surface area contributed by atoms with E-state index in [0.29, 0.717) is 18.8 Å². The van der Waals surface area contributed by atoms with E-state index in [2.05, 4.69) is 31.4 Å². The molecule has 1 aliphatic rings. The number of aromatic nitrogens is 3. The molecule has 11 heteroatoms. The van der Waals surface area contributed by atoms with E-state index in [9.17, 15) is 14.3 Å². The van der Waals surface area contributed by atoms with Crippen LogP contribution in [0.1, 0.15) is 19.8 Å². The van der Waals surface area contributed by atoms with Gasteiger partial charge in [0.2, 0.25) is 0 Å². The van der Waals surface area contributed by atoms with Gasteiger partial charge in [-0.15, -0.1) is 0 Å². The van der Waals surface area contributed by atoms with Gasteiger partial charge in [-0.25, -0.2) is 19.3 Å². The van der Waals surface area contributed by atoms with Crippen LogP contribution in [-0.4, -0.2) is 49.5 Å². The van der Waals surface area contributed by atoms with Gasteiger partial charge < -0.3 is 14.8 Å². The normalized spacial score (nSPS) is 23.3. The number of hydrogen-bond donors (Lipinski definition) is 3. The molecule has 3 N–H and O–H groups in total. The number of nitrogens with one attached hydrogen (secondary N) is 2. The third-order valence-electron chi connectivity index (χ3n) is 4.10. The zero-order chi connectivity index (χ0) is 18.7. The van der Waals surface area contributed by atoms with Crippen LogP contribution >= 0.6 is 7.82 Å². The Bertz CT molecular complexity index is 856. The summed E-state index contributed by atoms with van der Waals surface area (Å²) < 4.78 is 21.4. The fourth-order valence-electron chi connectivity index (χ4n) is 2.79. The van der Waals surface area contributed by atoms with E-state index in [1.54, 1.807) is 6.20 Å². The van der Waals surface area contributed by atoms with Gasteiger partial charge in [0.15, 0.2) is 0 Å². The number of aromatic amines is 1. The van der Waals surface area contributed by atoms with Gasteiger partial charge in [0.05, 0.1) is 5.39 Å². The molecule has 10 nitrogen and oxygen atoms in total. The average Bonchev–Trinajstić information content (AvgIpc) is 3.07. The van der Waals surface area contributed by atoms with E-state index in [1.807, 2.05) is 13.0 Å². The van der Waals surface area contributed by atoms with Crippen LogP contribution in [0.2, 0.25) is 0 Å². The number of hydroxylamine groups is 2. The molecule has 3 rings (SSSR count). The van der Waals surface area contributed by atoms with Crippen LogP contribution < -0.4 is 5.32 Å². The molecule has 0 aromatic carbocycles. The molecule has 140 valence electrons. The van der Waals surface area contributed by atoms with Crippen LogP contribution in [0.15, 0.2) is 31.2 Å². The second-order valence-electron chi connectivity index (χ2n) is 5.99. The summed E-state index contributed by atoms with van der Waals surface area (Å²) in [6.07, 6.45) is 5.57. The molecule has 0 saturated carbocycles. The second-order valence-corrected chi connectivity index (χ2v) is 7.28. The number of carbonyl (C=O) groups excluding carboxylic acids is 1. The highest BCUT2D eigenvalue weighted by atomic mass is 31.2. The van der Waals surface area contributed by atoms with Crippen molar-refractivity contribution in [2.45, 2.75) is 31.8 Å². The number of piperidine rings is 1. The smallest absolute Gasteiger partial charge is 0.366 e. The van der Waals surface area contributed by atoms with Crippen LogP contribution in [0.4, 0.5) is 5.82 Å². The van der Waals surface area contributed by atoms with Crippen molar-refractivity contribution in [2.75, 3.05) is 11.9 Å². The number of H-pyrrole nitrogens is 1. The highest BCUT2D eigenvalue weighted by molar-refractivity contribution is 7.47. The Morgan fingerprint density at radius 2 is 2.35 bits per heavy atom. The van der Waals surface area contributed by atoms with E-state index in [0.717, 1.165) is 23.5 Å². The number of hydrogen-bond acceptors (Lipinski definition) is 8. The quantitative estimate of drug-likeness (QED) is 0.508. The maximum absolute atomic E-state index is 12.0. The number of fused-ring (bicyclic) bond motifs is 1. The molecule has 3 heterocycles. The van der Waals surface area contributed by atoms with Crippen LogP contribution in [0.25, 0.3) is 11.0 Å². The fraction of sp³-hybridized carbons (Fsp3) is 0.400. The molecular weight excluding hydrogens is 361 g/mol. The predicted octanol–water partition coefficient (Wildman–Crippen LogP) is 1.98. The summed E-state index contributed by atoms with van der Waals surface area (Å²) in [4.78, 5) is 32.3. The lowest BCUT2D eigenvalue weighted by molar-refractivity contribution is -0.145. The van der Waals surface area contributed by atoms with Crippen molar-refractivity contribution in [2.24, 2.45) is 0 Å². The molecular formula is C15H20N5O5P. The Kier molecular flexibility index (Phi) is 5.38. The van der Waals surface area contributed by atoms with Gasteiger partial charge in [-0.2, -0.15) is 9.69 Å². The molecule has 1 saturated heterocycles. The van der Waals surface area contributed by atoms with Crippen molar-refractivity contribution in [1.29, 1.82) is 0 Å². The lowest BCUT2D eigenvalue weighted by Gasteiger charge is -2.37. The summed E-state index contributed by atoms with van der Waals surface area (Å²) in [7, 11) is -4.56. The van der Waals surface area contributed by atoms with Gasteiger partial charge in [-0.1, -0.05) is 6.58 Å². The van der Waals surface area contributed by atoms with E-state index in [1.165, 1.54) is 11.4 Å². The van der Waals surface area contributed by atoms with Crippen molar-refractivity contribution in [3.05, 3.63) is 31.2 Å². The lowest BCUT2D eigenvalue weighted by Crippen LogP contribution is -2.46. The van der Waals surface area contributed by atoms with Gasteiger partial charge in [-0.05, 0) is 25.8 Å². The first-order valence-electron chi connectivity index (χ1n) is 8.07. The first-order chi connectivity index (χ1) is 12.4. The molecule has 2 aromatic heterocycles. The molecule has 1 fully saturated rings.